The molecule has 2 nitrogen and oxygen atoms in total. The van der Waals surface area contributed by atoms with Crippen LogP contribution in [0.1, 0.15) is 81.9 Å². The Bertz CT molecular complexity index is 749. The van der Waals surface area contributed by atoms with E-state index < -0.39 is 0 Å². The summed E-state index contributed by atoms with van der Waals surface area (Å²) in [6.07, 6.45) is 12.0. The largest absolute Gasteiger partial charge is 0.492 e. The van der Waals surface area contributed by atoms with Gasteiger partial charge in [0.1, 0.15) is 6.61 Å². The van der Waals surface area contributed by atoms with Crippen molar-refractivity contribution in [1.82, 2.24) is 4.98 Å². The average molecular weight is 400 g/mol. The minimum absolute atomic E-state index is 0.459. The summed E-state index contributed by atoms with van der Waals surface area (Å²) in [5.41, 5.74) is 3.15. The van der Waals surface area contributed by atoms with Crippen molar-refractivity contribution in [3.63, 3.8) is 0 Å². The summed E-state index contributed by atoms with van der Waals surface area (Å²) in [6, 6.07) is 4.08. The maximum absolute atomic E-state index is 5.83. The fourth-order valence-electron chi connectivity index (χ4n) is 2.21. The van der Waals surface area contributed by atoms with E-state index in [2.05, 4.69) is 36.7 Å². The second kappa shape index (κ2) is 21.9. The van der Waals surface area contributed by atoms with E-state index in [1.54, 1.807) is 0 Å². The average Bonchev–Trinajstić information content (AvgIpc) is 2.79. The van der Waals surface area contributed by atoms with E-state index in [1.165, 1.54) is 0 Å². The lowest BCUT2D eigenvalue weighted by molar-refractivity contribution is 0.197. The molecule has 0 saturated heterocycles. The molecule has 0 fully saturated rings. The number of aromatic nitrogens is 1. The number of rotatable bonds is 6. The zero-order valence-corrected chi connectivity index (χ0v) is 20.9. The van der Waals surface area contributed by atoms with Gasteiger partial charge in [-0.2, -0.15) is 0 Å². The first-order valence-electron chi connectivity index (χ1n) is 10.9. The Morgan fingerprint density at radius 1 is 0.966 bits per heavy atom. The normalized spacial score (nSPS) is 12.6. The topological polar surface area (TPSA) is 22.1 Å². The van der Waals surface area contributed by atoms with E-state index in [0.29, 0.717) is 6.61 Å². The van der Waals surface area contributed by atoms with Gasteiger partial charge >= 0.3 is 0 Å². The fraction of sp³-hybridized carbons (Fsp3) is 0.444. The van der Waals surface area contributed by atoms with Gasteiger partial charge in [0.2, 0.25) is 0 Å². The molecule has 164 valence electrons. The lowest BCUT2D eigenvalue weighted by Gasteiger charge is -2.07. The van der Waals surface area contributed by atoms with Gasteiger partial charge in [0, 0.05) is 0 Å². The van der Waals surface area contributed by atoms with Gasteiger partial charge < -0.3 is 4.74 Å². The van der Waals surface area contributed by atoms with Crippen LogP contribution in [0.5, 0.6) is 0 Å². The summed E-state index contributed by atoms with van der Waals surface area (Å²) in [4.78, 5) is 4.62. The van der Waals surface area contributed by atoms with Gasteiger partial charge in [0.05, 0.1) is 16.8 Å². The Kier molecular flexibility index (Phi) is 23.7. The van der Waals surface area contributed by atoms with Crippen LogP contribution in [0.4, 0.5) is 0 Å². The molecule has 0 aliphatic carbocycles. The smallest absolute Gasteiger partial charge is 0.130 e. The third-order valence-corrected chi connectivity index (χ3v) is 3.50. The lowest BCUT2D eigenvalue weighted by Crippen LogP contribution is -2.28. The van der Waals surface area contributed by atoms with Crippen LogP contribution in [-0.4, -0.2) is 4.98 Å². The third kappa shape index (κ3) is 13.5. The molecule has 0 radical (unpaired) electrons. The first-order chi connectivity index (χ1) is 14.0. The molecular formula is C27H45NO. The van der Waals surface area contributed by atoms with Crippen molar-refractivity contribution < 1.29 is 4.74 Å². The zero-order valence-electron chi connectivity index (χ0n) is 20.9. The van der Waals surface area contributed by atoms with Crippen LogP contribution in [0, 0.1) is 0 Å². The molecule has 2 heteroatoms. The molecule has 0 saturated carbocycles. The van der Waals surface area contributed by atoms with Gasteiger partial charge in [0.25, 0.3) is 0 Å². The predicted molar refractivity (Wildman–Crippen MR) is 134 cm³/mol. The highest BCUT2D eigenvalue weighted by Crippen LogP contribution is 2.12. The molecule has 29 heavy (non-hydrogen) atoms. The lowest BCUT2D eigenvalue weighted by atomic mass is 10.1. The molecule has 1 aromatic rings. The maximum Gasteiger partial charge on any atom is 0.130 e. The standard InChI is InChI=1S/C21H27NO.3C2H6/c1-7-11-16(5)19(9-3)14-17(6)23-15-20-13-12-18(8-2)21(10-4)22-20;3*1-2/h7-14H,3,15H2,1-2,4-6H3;3*1-2H3/b11-7-,17-14+,18-8-,19-16+,21-10+;;;. The molecule has 0 unspecified atom stereocenters. The molecule has 0 aliphatic heterocycles. The van der Waals surface area contributed by atoms with Gasteiger partial charge in [-0.3, -0.25) is 0 Å². The van der Waals surface area contributed by atoms with Crippen LogP contribution in [0.3, 0.4) is 0 Å². The molecule has 1 rings (SSSR count). The van der Waals surface area contributed by atoms with Gasteiger partial charge in [0.15, 0.2) is 0 Å². The van der Waals surface area contributed by atoms with E-state index >= 15 is 0 Å². The second-order valence-corrected chi connectivity index (χ2v) is 5.24. The Balaban J connectivity index is -0.00000103. The summed E-state index contributed by atoms with van der Waals surface area (Å²) in [5.74, 6) is 0.846. The molecule has 1 aromatic heterocycles. The van der Waals surface area contributed by atoms with Crippen LogP contribution in [0.15, 0.2) is 59.9 Å². The number of hydrogen-bond donors (Lipinski definition) is 0. The fourth-order valence-corrected chi connectivity index (χ4v) is 2.21. The number of hydrogen-bond acceptors (Lipinski definition) is 2. The highest BCUT2D eigenvalue weighted by molar-refractivity contribution is 5.39. The summed E-state index contributed by atoms with van der Waals surface area (Å²) < 4.78 is 5.83. The molecule has 1 heterocycles. The van der Waals surface area contributed by atoms with Crippen molar-refractivity contribution >= 4 is 12.2 Å². The third-order valence-electron chi connectivity index (χ3n) is 3.50. The minimum Gasteiger partial charge on any atom is -0.492 e. The Morgan fingerprint density at radius 3 is 2.00 bits per heavy atom. The van der Waals surface area contributed by atoms with Crippen LogP contribution >= 0.6 is 0 Å². The Morgan fingerprint density at radius 2 is 1.55 bits per heavy atom. The van der Waals surface area contributed by atoms with E-state index in [1.807, 2.05) is 99.6 Å². The number of nitrogens with zero attached hydrogens (tertiary/aromatic N) is 1. The summed E-state index contributed by atoms with van der Waals surface area (Å²) in [5, 5.41) is 2.13. The van der Waals surface area contributed by atoms with Crippen molar-refractivity contribution in [2.45, 2.75) is 82.8 Å². The van der Waals surface area contributed by atoms with E-state index in [-0.39, 0.29) is 0 Å². The number of ether oxygens (including phenoxy) is 1. The first kappa shape index (κ1) is 31.3. The van der Waals surface area contributed by atoms with Crippen molar-refractivity contribution in [3.05, 3.63) is 76.2 Å². The second-order valence-electron chi connectivity index (χ2n) is 5.24. The van der Waals surface area contributed by atoms with E-state index in [0.717, 1.165) is 33.2 Å². The first-order valence-corrected chi connectivity index (χ1v) is 10.9. The highest BCUT2D eigenvalue weighted by atomic mass is 16.5. The minimum atomic E-state index is 0.459. The molecule has 0 spiro atoms. The quantitative estimate of drug-likeness (QED) is 0.371. The SMILES string of the molecule is C=CC(/C=C(\C)OCc1ccc(=C/C)/c(=C\C)n1)=C(C)\C=C/C.CC.CC.CC. The molecule has 0 aromatic carbocycles. The summed E-state index contributed by atoms with van der Waals surface area (Å²) in [7, 11) is 0. The molecule has 0 bridgehead atoms. The summed E-state index contributed by atoms with van der Waals surface area (Å²) in [6.45, 7) is 26.4. The van der Waals surface area contributed by atoms with Gasteiger partial charge in [-0.05, 0) is 63.1 Å². The highest BCUT2D eigenvalue weighted by Gasteiger charge is 1.99. The zero-order chi connectivity index (χ0) is 23.2. The van der Waals surface area contributed by atoms with Crippen molar-refractivity contribution in [3.8, 4) is 0 Å². The van der Waals surface area contributed by atoms with Crippen LogP contribution in [-0.2, 0) is 11.3 Å². The Labute approximate surface area is 181 Å². The monoisotopic (exact) mass is 399 g/mol. The number of pyridine rings is 1. The van der Waals surface area contributed by atoms with Gasteiger partial charge in [-0.1, -0.05) is 84.6 Å². The molecule has 0 amide bonds. The number of allylic oxidation sites excluding steroid dienone is 7. The van der Waals surface area contributed by atoms with Gasteiger partial charge in [-0.25, -0.2) is 4.98 Å². The van der Waals surface area contributed by atoms with Gasteiger partial charge in [-0.15, -0.1) is 0 Å². The molecule has 0 N–H and O–H groups in total. The van der Waals surface area contributed by atoms with Crippen molar-refractivity contribution in [2.75, 3.05) is 0 Å². The maximum atomic E-state index is 5.83. The van der Waals surface area contributed by atoms with Crippen LogP contribution < -0.4 is 10.6 Å². The molecular weight excluding hydrogens is 354 g/mol. The Hall–Kier alpha value is -2.35. The predicted octanol–water partition coefficient (Wildman–Crippen LogP) is 7.26. The van der Waals surface area contributed by atoms with Crippen molar-refractivity contribution in [1.29, 1.82) is 0 Å². The van der Waals surface area contributed by atoms with Crippen LogP contribution in [0.2, 0.25) is 0 Å². The van der Waals surface area contributed by atoms with Crippen molar-refractivity contribution in [2.24, 2.45) is 0 Å². The summed E-state index contributed by atoms with van der Waals surface area (Å²) >= 11 is 0. The van der Waals surface area contributed by atoms with E-state index in [4.69, 9.17) is 4.74 Å². The van der Waals surface area contributed by atoms with Crippen LogP contribution in [0.25, 0.3) is 12.2 Å². The molecule has 0 atom stereocenters. The van der Waals surface area contributed by atoms with E-state index in [9.17, 15) is 0 Å². The molecule has 0 aliphatic rings.